The van der Waals surface area contributed by atoms with Gasteiger partial charge < -0.3 is 5.73 Å². The molecule has 2 N–H and O–H groups in total. The van der Waals surface area contributed by atoms with Gasteiger partial charge in [-0.1, -0.05) is 38.1 Å². The Morgan fingerprint density at radius 1 is 1.24 bits per heavy atom. The van der Waals surface area contributed by atoms with Crippen molar-refractivity contribution >= 4 is 5.91 Å². The maximum Gasteiger partial charge on any atom is 0.239 e. The lowest BCUT2D eigenvalue weighted by atomic mass is 9.99. The second-order valence-electron chi connectivity index (χ2n) is 5.11. The average molecular weight is 234 g/mol. The smallest absolute Gasteiger partial charge is 0.239 e. The van der Waals surface area contributed by atoms with Crippen molar-refractivity contribution in [3.05, 3.63) is 35.4 Å². The van der Waals surface area contributed by atoms with Crippen LogP contribution in [-0.2, 0) is 11.2 Å². The number of hydrogen-bond acceptors (Lipinski definition) is 2. The SMILES string of the molecule is CC(C)Cc1ccc(C(C(N)=O)N(C)C)cc1. The van der Waals surface area contributed by atoms with Crippen LogP contribution in [-0.4, -0.2) is 24.9 Å². The van der Waals surface area contributed by atoms with Crippen molar-refractivity contribution in [2.24, 2.45) is 11.7 Å². The molecule has 0 aliphatic rings. The summed E-state index contributed by atoms with van der Waals surface area (Å²) in [7, 11) is 3.72. The molecule has 0 aromatic heterocycles. The predicted octanol–water partition coefficient (Wildman–Crippen LogP) is 1.97. The highest BCUT2D eigenvalue weighted by Gasteiger charge is 2.19. The number of carbonyl (C=O) groups is 1. The Kier molecular flexibility index (Phi) is 4.70. The van der Waals surface area contributed by atoms with Crippen LogP contribution in [0.15, 0.2) is 24.3 Å². The third-order valence-electron chi connectivity index (χ3n) is 2.73. The second kappa shape index (κ2) is 5.82. The largest absolute Gasteiger partial charge is 0.368 e. The van der Waals surface area contributed by atoms with Gasteiger partial charge in [0, 0.05) is 0 Å². The van der Waals surface area contributed by atoms with Crippen LogP contribution in [0.1, 0.15) is 31.0 Å². The molecule has 1 atom stereocenters. The minimum absolute atomic E-state index is 0.313. The van der Waals surface area contributed by atoms with E-state index < -0.39 is 0 Å². The first kappa shape index (κ1) is 13.7. The van der Waals surface area contributed by atoms with E-state index in [0.29, 0.717) is 5.92 Å². The maximum atomic E-state index is 11.4. The van der Waals surface area contributed by atoms with E-state index in [4.69, 9.17) is 5.73 Å². The Bertz CT molecular complexity index is 368. The fourth-order valence-electron chi connectivity index (χ4n) is 2.02. The van der Waals surface area contributed by atoms with Crippen LogP contribution < -0.4 is 5.73 Å². The summed E-state index contributed by atoms with van der Waals surface area (Å²) in [4.78, 5) is 13.2. The molecule has 0 saturated carbocycles. The molecule has 0 spiro atoms. The molecule has 0 saturated heterocycles. The lowest BCUT2D eigenvalue weighted by Gasteiger charge is -2.21. The lowest BCUT2D eigenvalue weighted by molar-refractivity contribution is -0.122. The second-order valence-corrected chi connectivity index (χ2v) is 5.11. The molecule has 0 bridgehead atoms. The van der Waals surface area contributed by atoms with Gasteiger partial charge in [0.25, 0.3) is 0 Å². The Hall–Kier alpha value is -1.35. The van der Waals surface area contributed by atoms with E-state index in [1.165, 1.54) is 5.56 Å². The zero-order valence-electron chi connectivity index (χ0n) is 11.1. The van der Waals surface area contributed by atoms with Gasteiger partial charge in [-0.2, -0.15) is 0 Å². The Morgan fingerprint density at radius 2 is 1.76 bits per heavy atom. The van der Waals surface area contributed by atoms with E-state index >= 15 is 0 Å². The van der Waals surface area contributed by atoms with Gasteiger partial charge >= 0.3 is 0 Å². The third kappa shape index (κ3) is 3.86. The Balaban J connectivity index is 2.88. The normalized spacial score (nSPS) is 13.1. The summed E-state index contributed by atoms with van der Waals surface area (Å²) in [6, 6.07) is 7.80. The summed E-state index contributed by atoms with van der Waals surface area (Å²) in [6.07, 6.45) is 1.06. The first-order chi connectivity index (χ1) is 7.91. The summed E-state index contributed by atoms with van der Waals surface area (Å²) < 4.78 is 0. The number of hydrogen-bond donors (Lipinski definition) is 1. The first-order valence-corrected chi connectivity index (χ1v) is 5.96. The van der Waals surface area contributed by atoms with Gasteiger partial charge in [0.1, 0.15) is 6.04 Å². The van der Waals surface area contributed by atoms with E-state index in [1.54, 1.807) is 0 Å². The summed E-state index contributed by atoms with van der Waals surface area (Å²) >= 11 is 0. The standard InChI is InChI=1S/C14H22N2O/c1-10(2)9-11-5-7-12(8-6-11)13(14(15)17)16(3)4/h5-8,10,13H,9H2,1-4H3,(H2,15,17). The highest BCUT2D eigenvalue weighted by atomic mass is 16.1. The molecule has 1 aromatic rings. The van der Waals surface area contributed by atoms with Gasteiger partial charge in [-0.05, 0) is 37.6 Å². The number of carbonyl (C=O) groups excluding carboxylic acids is 1. The molecule has 3 heteroatoms. The highest BCUT2D eigenvalue weighted by molar-refractivity contribution is 5.81. The van der Waals surface area contributed by atoms with Gasteiger partial charge in [-0.15, -0.1) is 0 Å². The molecule has 0 heterocycles. The van der Waals surface area contributed by atoms with Gasteiger partial charge in [-0.25, -0.2) is 0 Å². The fraction of sp³-hybridized carbons (Fsp3) is 0.500. The number of benzene rings is 1. The molecule has 0 aliphatic carbocycles. The van der Waals surface area contributed by atoms with Crippen LogP contribution in [0.5, 0.6) is 0 Å². The van der Waals surface area contributed by atoms with Crippen molar-refractivity contribution in [1.29, 1.82) is 0 Å². The minimum atomic E-state index is -0.344. The molecule has 1 unspecified atom stereocenters. The van der Waals surface area contributed by atoms with Crippen LogP contribution in [0.25, 0.3) is 0 Å². The van der Waals surface area contributed by atoms with Gasteiger partial charge in [0.05, 0.1) is 0 Å². The number of amides is 1. The van der Waals surface area contributed by atoms with Crippen molar-refractivity contribution in [2.75, 3.05) is 14.1 Å². The summed E-state index contributed by atoms with van der Waals surface area (Å²) in [5.41, 5.74) is 7.66. The highest BCUT2D eigenvalue weighted by Crippen LogP contribution is 2.19. The number of likely N-dealkylation sites (N-methyl/N-ethyl adjacent to an activating group) is 1. The number of rotatable bonds is 5. The van der Waals surface area contributed by atoms with Crippen LogP contribution >= 0.6 is 0 Å². The van der Waals surface area contributed by atoms with Crippen LogP contribution in [0, 0.1) is 5.92 Å². The number of primary amides is 1. The summed E-state index contributed by atoms with van der Waals surface area (Å²) in [5, 5.41) is 0. The topological polar surface area (TPSA) is 46.3 Å². The zero-order valence-corrected chi connectivity index (χ0v) is 11.1. The van der Waals surface area contributed by atoms with Crippen molar-refractivity contribution < 1.29 is 4.79 Å². The number of nitrogens with zero attached hydrogens (tertiary/aromatic N) is 1. The molecule has 0 radical (unpaired) electrons. The van der Waals surface area contributed by atoms with Crippen molar-refractivity contribution in [2.45, 2.75) is 26.3 Å². The molecular formula is C14H22N2O. The van der Waals surface area contributed by atoms with E-state index in [2.05, 4.69) is 26.0 Å². The summed E-state index contributed by atoms with van der Waals surface area (Å²) in [5.74, 6) is 0.327. The van der Waals surface area contributed by atoms with E-state index in [1.807, 2.05) is 31.1 Å². The van der Waals surface area contributed by atoms with Gasteiger partial charge in [0.2, 0.25) is 5.91 Å². The zero-order chi connectivity index (χ0) is 13.0. The van der Waals surface area contributed by atoms with Gasteiger partial charge in [0.15, 0.2) is 0 Å². The molecular weight excluding hydrogens is 212 g/mol. The molecule has 3 nitrogen and oxygen atoms in total. The molecule has 1 rings (SSSR count). The average Bonchev–Trinajstić information content (AvgIpc) is 2.18. The fourth-order valence-corrected chi connectivity index (χ4v) is 2.02. The molecule has 1 aromatic carbocycles. The molecule has 0 aliphatic heterocycles. The van der Waals surface area contributed by atoms with Crippen LogP contribution in [0.2, 0.25) is 0 Å². The van der Waals surface area contributed by atoms with Crippen molar-refractivity contribution in [1.82, 2.24) is 4.90 Å². The third-order valence-corrected chi connectivity index (χ3v) is 2.73. The van der Waals surface area contributed by atoms with Crippen molar-refractivity contribution in [3.63, 3.8) is 0 Å². The van der Waals surface area contributed by atoms with Gasteiger partial charge in [-0.3, -0.25) is 9.69 Å². The van der Waals surface area contributed by atoms with Crippen LogP contribution in [0.3, 0.4) is 0 Å². The quantitative estimate of drug-likeness (QED) is 0.846. The molecule has 0 fully saturated rings. The molecule has 17 heavy (non-hydrogen) atoms. The van der Waals surface area contributed by atoms with E-state index in [0.717, 1.165) is 12.0 Å². The number of nitrogens with two attached hydrogens (primary N) is 1. The lowest BCUT2D eigenvalue weighted by Crippen LogP contribution is -2.32. The Morgan fingerprint density at radius 3 is 2.12 bits per heavy atom. The van der Waals surface area contributed by atoms with Crippen molar-refractivity contribution in [3.8, 4) is 0 Å². The first-order valence-electron chi connectivity index (χ1n) is 5.96. The monoisotopic (exact) mass is 234 g/mol. The Labute approximate surface area is 104 Å². The molecule has 1 amide bonds. The summed E-state index contributed by atoms with van der Waals surface area (Å²) in [6.45, 7) is 4.39. The van der Waals surface area contributed by atoms with E-state index in [-0.39, 0.29) is 11.9 Å². The predicted molar refractivity (Wildman–Crippen MR) is 70.6 cm³/mol. The van der Waals surface area contributed by atoms with Crippen LogP contribution in [0.4, 0.5) is 0 Å². The molecule has 94 valence electrons. The minimum Gasteiger partial charge on any atom is -0.368 e. The van der Waals surface area contributed by atoms with E-state index in [9.17, 15) is 4.79 Å². The maximum absolute atomic E-state index is 11.4.